The van der Waals surface area contributed by atoms with Gasteiger partial charge in [-0.1, -0.05) is 0 Å². The summed E-state index contributed by atoms with van der Waals surface area (Å²) in [6.07, 6.45) is -11.1. The Hall–Kier alpha value is -1.73. The first-order chi connectivity index (χ1) is 8.14. The molecule has 8 heteroatoms. The van der Waals surface area contributed by atoms with E-state index >= 15 is 0 Å². The summed E-state index contributed by atoms with van der Waals surface area (Å²) in [6.45, 7) is 0. The van der Waals surface area contributed by atoms with E-state index in [1.165, 1.54) is 19.2 Å². The Labute approximate surface area is 97.9 Å². The highest BCUT2D eigenvalue weighted by Crippen LogP contribution is 2.32. The van der Waals surface area contributed by atoms with Crippen LogP contribution in [0.4, 0.5) is 32.0 Å². The largest absolute Gasteiger partial charge is 0.497 e. The first kappa shape index (κ1) is 14.3. The predicted octanol–water partition coefficient (Wildman–Crippen LogP) is 3.89. The van der Waals surface area contributed by atoms with Crippen molar-refractivity contribution in [1.29, 1.82) is 0 Å². The number of alkyl halides is 6. The second kappa shape index (κ2) is 4.87. The van der Waals surface area contributed by atoms with E-state index in [2.05, 4.69) is 4.99 Å². The van der Waals surface area contributed by atoms with E-state index in [0.717, 1.165) is 12.1 Å². The molecule has 0 aliphatic rings. The lowest BCUT2D eigenvalue weighted by Crippen LogP contribution is -2.36. The van der Waals surface area contributed by atoms with Gasteiger partial charge in [0.05, 0.1) is 12.8 Å². The van der Waals surface area contributed by atoms with Crippen LogP contribution in [-0.4, -0.2) is 25.2 Å². The molecule has 0 bridgehead atoms. The van der Waals surface area contributed by atoms with E-state index in [0.29, 0.717) is 5.75 Å². The molecule has 1 aromatic rings. The minimum atomic E-state index is -5.56. The highest BCUT2D eigenvalue weighted by atomic mass is 19.4. The van der Waals surface area contributed by atoms with Crippen molar-refractivity contribution in [3.63, 3.8) is 0 Å². The van der Waals surface area contributed by atoms with Gasteiger partial charge in [-0.15, -0.1) is 0 Å². The van der Waals surface area contributed by atoms with Crippen molar-refractivity contribution in [2.45, 2.75) is 12.4 Å². The fourth-order valence-corrected chi connectivity index (χ4v) is 1.07. The third-order valence-electron chi connectivity index (χ3n) is 1.85. The summed E-state index contributed by atoms with van der Waals surface area (Å²) in [5, 5.41) is 0. The number of hydrogen-bond donors (Lipinski definition) is 0. The van der Waals surface area contributed by atoms with Crippen molar-refractivity contribution in [3.05, 3.63) is 24.3 Å². The quantitative estimate of drug-likeness (QED) is 0.590. The summed E-state index contributed by atoms with van der Waals surface area (Å²) in [4.78, 5) is 2.59. The van der Waals surface area contributed by atoms with Gasteiger partial charge in [-0.3, -0.25) is 0 Å². The predicted molar refractivity (Wildman–Crippen MR) is 52.2 cm³/mol. The first-order valence-electron chi connectivity index (χ1n) is 4.51. The minimum Gasteiger partial charge on any atom is -0.497 e. The SMILES string of the molecule is COc1ccc(N=C(C(F)(F)F)C(F)(F)F)cc1. The molecule has 0 aromatic heterocycles. The highest BCUT2D eigenvalue weighted by Gasteiger charge is 2.53. The van der Waals surface area contributed by atoms with Gasteiger partial charge in [-0.2, -0.15) is 26.3 Å². The Morgan fingerprint density at radius 2 is 1.39 bits per heavy atom. The summed E-state index contributed by atoms with van der Waals surface area (Å²) < 4.78 is 77.7. The minimum absolute atomic E-state index is 0.300. The fourth-order valence-electron chi connectivity index (χ4n) is 1.07. The second-order valence-corrected chi connectivity index (χ2v) is 3.15. The maximum Gasteiger partial charge on any atom is 0.438 e. The molecular formula is C10H7F6NO. The van der Waals surface area contributed by atoms with Gasteiger partial charge >= 0.3 is 12.4 Å². The molecular weight excluding hydrogens is 264 g/mol. The summed E-state index contributed by atoms with van der Waals surface area (Å²) in [7, 11) is 1.31. The molecule has 0 saturated carbocycles. The van der Waals surface area contributed by atoms with Gasteiger partial charge in [0.1, 0.15) is 5.75 Å². The number of halogens is 6. The van der Waals surface area contributed by atoms with Gasteiger partial charge < -0.3 is 4.74 Å². The van der Waals surface area contributed by atoms with Crippen LogP contribution in [0.1, 0.15) is 0 Å². The monoisotopic (exact) mass is 271 g/mol. The molecule has 2 nitrogen and oxygen atoms in total. The molecule has 0 N–H and O–H groups in total. The number of hydrogen-bond acceptors (Lipinski definition) is 2. The van der Waals surface area contributed by atoms with E-state index in [-0.39, 0.29) is 0 Å². The fraction of sp³-hybridized carbons (Fsp3) is 0.300. The summed E-state index contributed by atoms with van der Waals surface area (Å²) in [5.74, 6) is 0.300. The molecule has 0 unspecified atom stereocenters. The van der Waals surface area contributed by atoms with Gasteiger partial charge in [0, 0.05) is 0 Å². The maximum absolute atomic E-state index is 12.2. The van der Waals surface area contributed by atoms with Crippen LogP contribution >= 0.6 is 0 Å². The van der Waals surface area contributed by atoms with Crippen LogP contribution in [0.15, 0.2) is 29.3 Å². The molecule has 0 fully saturated rings. The van der Waals surface area contributed by atoms with Gasteiger partial charge in [0.25, 0.3) is 0 Å². The topological polar surface area (TPSA) is 21.6 Å². The van der Waals surface area contributed by atoms with Crippen LogP contribution in [0.5, 0.6) is 5.75 Å². The number of ether oxygens (including phenoxy) is 1. The Morgan fingerprint density at radius 1 is 0.944 bits per heavy atom. The maximum atomic E-state index is 12.2. The average molecular weight is 271 g/mol. The van der Waals surface area contributed by atoms with E-state index in [1.54, 1.807) is 0 Å². The summed E-state index contributed by atoms with van der Waals surface area (Å²) in [6, 6.07) is 4.42. The Bertz CT molecular complexity index is 415. The number of methoxy groups -OCH3 is 1. The molecule has 100 valence electrons. The van der Waals surface area contributed by atoms with Crippen molar-refractivity contribution in [3.8, 4) is 5.75 Å². The van der Waals surface area contributed by atoms with Crippen molar-refractivity contribution < 1.29 is 31.1 Å². The van der Waals surface area contributed by atoms with Crippen LogP contribution in [0, 0.1) is 0 Å². The smallest absolute Gasteiger partial charge is 0.438 e. The normalized spacial score (nSPS) is 12.2. The van der Waals surface area contributed by atoms with Gasteiger partial charge in [-0.05, 0) is 24.3 Å². The molecule has 0 radical (unpaired) electrons. The average Bonchev–Trinajstić information content (AvgIpc) is 2.23. The van der Waals surface area contributed by atoms with Crippen LogP contribution in [0.3, 0.4) is 0 Å². The van der Waals surface area contributed by atoms with Crippen molar-refractivity contribution in [1.82, 2.24) is 0 Å². The van der Waals surface area contributed by atoms with Crippen LogP contribution in [0.25, 0.3) is 0 Å². The number of rotatable bonds is 2. The van der Waals surface area contributed by atoms with Crippen LogP contribution in [-0.2, 0) is 0 Å². The van der Waals surface area contributed by atoms with Gasteiger partial charge in [0.2, 0.25) is 5.71 Å². The first-order valence-corrected chi connectivity index (χ1v) is 4.51. The molecule has 0 spiro atoms. The number of nitrogens with zero attached hydrogens (tertiary/aromatic N) is 1. The molecule has 0 aliphatic carbocycles. The zero-order chi connectivity index (χ0) is 14.0. The molecule has 0 atom stereocenters. The van der Waals surface area contributed by atoms with E-state index in [9.17, 15) is 26.3 Å². The highest BCUT2D eigenvalue weighted by molar-refractivity contribution is 5.96. The van der Waals surface area contributed by atoms with Crippen LogP contribution < -0.4 is 4.74 Å². The molecule has 0 amide bonds. The Balaban J connectivity index is 3.16. The molecule has 0 saturated heterocycles. The molecule has 0 aliphatic heterocycles. The van der Waals surface area contributed by atoms with E-state index in [4.69, 9.17) is 4.74 Å². The Kier molecular flexibility index (Phi) is 3.88. The molecule has 1 rings (SSSR count). The third-order valence-corrected chi connectivity index (χ3v) is 1.85. The lowest BCUT2D eigenvalue weighted by molar-refractivity contribution is -0.117. The molecule has 1 aromatic carbocycles. The standard InChI is InChI=1S/C10H7F6NO/c1-18-7-4-2-6(3-5-7)17-8(9(11,12)13)10(14,15)16/h2-5H,1H3. The third kappa shape index (κ3) is 3.64. The lowest BCUT2D eigenvalue weighted by atomic mass is 10.3. The van der Waals surface area contributed by atoms with Crippen molar-refractivity contribution >= 4 is 11.4 Å². The van der Waals surface area contributed by atoms with E-state index in [1.807, 2.05) is 0 Å². The molecule has 18 heavy (non-hydrogen) atoms. The molecule has 0 heterocycles. The summed E-state index contributed by atoms with van der Waals surface area (Å²) >= 11 is 0. The van der Waals surface area contributed by atoms with Crippen molar-refractivity contribution in [2.24, 2.45) is 4.99 Å². The zero-order valence-corrected chi connectivity index (χ0v) is 8.93. The second-order valence-electron chi connectivity index (χ2n) is 3.15. The number of benzene rings is 1. The summed E-state index contributed by atoms with van der Waals surface area (Å²) in [5.41, 5.74) is -3.25. The zero-order valence-electron chi connectivity index (χ0n) is 8.93. The van der Waals surface area contributed by atoms with Crippen molar-refractivity contribution in [2.75, 3.05) is 7.11 Å². The van der Waals surface area contributed by atoms with E-state index < -0.39 is 23.8 Å². The number of aliphatic imine (C=N–C) groups is 1. The lowest BCUT2D eigenvalue weighted by Gasteiger charge is -2.13. The van der Waals surface area contributed by atoms with Crippen LogP contribution in [0.2, 0.25) is 0 Å². The van der Waals surface area contributed by atoms with Gasteiger partial charge in [-0.25, -0.2) is 4.99 Å². The Morgan fingerprint density at radius 3 is 1.72 bits per heavy atom. The van der Waals surface area contributed by atoms with Gasteiger partial charge in [0.15, 0.2) is 0 Å².